The van der Waals surface area contributed by atoms with Gasteiger partial charge in [0.25, 0.3) is 0 Å². The van der Waals surface area contributed by atoms with Gasteiger partial charge in [0.05, 0.1) is 19.8 Å². The van der Waals surface area contributed by atoms with E-state index in [4.69, 9.17) is 18.9 Å². The molecular formula is C25H23NO7S. The molecule has 0 bridgehead atoms. The van der Waals surface area contributed by atoms with E-state index < -0.39 is 23.8 Å². The number of ketones is 1. The molecule has 3 aliphatic rings. The van der Waals surface area contributed by atoms with Crippen molar-refractivity contribution in [2.75, 3.05) is 21.0 Å². The minimum absolute atomic E-state index is 0.101. The number of esters is 2. The zero-order valence-corrected chi connectivity index (χ0v) is 19.7. The van der Waals surface area contributed by atoms with E-state index in [-0.39, 0.29) is 18.5 Å². The number of benzene rings is 1. The van der Waals surface area contributed by atoms with E-state index in [9.17, 15) is 14.4 Å². The van der Waals surface area contributed by atoms with E-state index in [0.717, 1.165) is 4.88 Å². The van der Waals surface area contributed by atoms with Gasteiger partial charge in [-0.15, -0.1) is 11.3 Å². The molecule has 9 heteroatoms. The first-order chi connectivity index (χ1) is 16.4. The van der Waals surface area contributed by atoms with Gasteiger partial charge in [0.2, 0.25) is 6.79 Å². The Bertz CT molecular complexity index is 1240. The van der Waals surface area contributed by atoms with Gasteiger partial charge in [0, 0.05) is 33.7 Å². The Labute approximate surface area is 200 Å². The molecule has 176 valence electrons. The molecule has 0 fully saturated rings. The quantitative estimate of drug-likeness (QED) is 0.524. The van der Waals surface area contributed by atoms with Crippen LogP contribution in [0.15, 0.2) is 58.3 Å². The molecule has 2 aromatic rings. The Balaban J connectivity index is 1.68. The summed E-state index contributed by atoms with van der Waals surface area (Å²) in [6, 6.07) is 9.14. The SMILES string of the molecule is COC(=O)C1=C(C)NC2=C(C(=O)[C@H](C(=O)OC)[C@@H](c3cccs3)C2)[C@H]1c1ccc2c(c1)OCO2. The van der Waals surface area contributed by atoms with Crippen LogP contribution in [0.25, 0.3) is 0 Å². The lowest BCUT2D eigenvalue weighted by Gasteiger charge is -2.39. The van der Waals surface area contributed by atoms with E-state index in [1.165, 1.54) is 25.6 Å². The van der Waals surface area contributed by atoms with Crippen molar-refractivity contribution in [2.45, 2.75) is 25.2 Å². The molecule has 1 N–H and O–H groups in total. The second kappa shape index (κ2) is 8.64. The van der Waals surface area contributed by atoms with Crippen molar-refractivity contribution in [3.63, 3.8) is 0 Å². The lowest BCUT2D eigenvalue weighted by Crippen LogP contribution is -2.43. The molecule has 34 heavy (non-hydrogen) atoms. The third kappa shape index (κ3) is 3.47. The van der Waals surface area contributed by atoms with E-state index in [1.54, 1.807) is 25.1 Å². The number of rotatable bonds is 4. The predicted octanol–water partition coefficient (Wildman–Crippen LogP) is 3.41. The Morgan fingerprint density at radius 1 is 1.12 bits per heavy atom. The molecule has 0 saturated carbocycles. The first-order valence-electron chi connectivity index (χ1n) is 10.8. The van der Waals surface area contributed by atoms with Crippen molar-refractivity contribution in [1.82, 2.24) is 5.32 Å². The van der Waals surface area contributed by atoms with E-state index in [1.807, 2.05) is 17.5 Å². The number of hydrogen-bond donors (Lipinski definition) is 1. The standard InChI is InChI=1S/C25H23NO7S/c1-12-19(24(28)30-2)20(13-6-7-16-17(9-13)33-11-32-16)22-15(26-12)10-14(18-5-4-8-34-18)21(23(22)27)25(29)31-3/h4-9,14,20-21,26H,10-11H2,1-3H3/t14-,20+,21-/m1/s1. The fourth-order valence-electron chi connectivity index (χ4n) is 5.01. The highest BCUT2D eigenvalue weighted by atomic mass is 32.1. The Hall–Kier alpha value is -3.59. The van der Waals surface area contributed by atoms with Crippen molar-refractivity contribution in [3.05, 3.63) is 68.7 Å². The minimum atomic E-state index is -1.02. The van der Waals surface area contributed by atoms with Gasteiger partial charge in [-0.1, -0.05) is 12.1 Å². The number of Topliss-reactive ketones (excluding diaryl/α,β-unsaturated/α-hetero) is 1. The maximum atomic E-state index is 14.0. The summed E-state index contributed by atoms with van der Waals surface area (Å²) in [7, 11) is 2.58. The highest BCUT2D eigenvalue weighted by Crippen LogP contribution is 2.49. The monoisotopic (exact) mass is 481 g/mol. The number of fused-ring (bicyclic) bond motifs is 1. The number of allylic oxidation sites excluding steroid dienone is 3. The van der Waals surface area contributed by atoms with Gasteiger partial charge in [-0.25, -0.2) is 4.79 Å². The Morgan fingerprint density at radius 2 is 1.91 bits per heavy atom. The third-order valence-electron chi connectivity index (χ3n) is 6.52. The zero-order valence-electron chi connectivity index (χ0n) is 18.9. The van der Waals surface area contributed by atoms with Gasteiger partial charge in [-0.05, 0) is 42.5 Å². The lowest BCUT2D eigenvalue weighted by molar-refractivity contribution is -0.149. The molecule has 0 amide bonds. The number of hydrogen-bond acceptors (Lipinski definition) is 9. The molecule has 3 atom stereocenters. The van der Waals surface area contributed by atoms with Crippen molar-refractivity contribution in [1.29, 1.82) is 0 Å². The maximum absolute atomic E-state index is 14.0. The topological polar surface area (TPSA) is 100 Å². The molecule has 5 rings (SSSR count). The molecule has 1 aliphatic carbocycles. The molecule has 8 nitrogen and oxygen atoms in total. The number of ether oxygens (including phenoxy) is 4. The molecule has 0 spiro atoms. The number of methoxy groups -OCH3 is 2. The summed E-state index contributed by atoms with van der Waals surface area (Å²) < 4.78 is 21.1. The van der Waals surface area contributed by atoms with Gasteiger partial charge < -0.3 is 24.3 Å². The summed E-state index contributed by atoms with van der Waals surface area (Å²) in [5.41, 5.74) is 2.64. The summed E-state index contributed by atoms with van der Waals surface area (Å²) in [6.07, 6.45) is 0.425. The smallest absolute Gasteiger partial charge is 0.336 e. The first-order valence-corrected chi connectivity index (χ1v) is 11.7. The van der Waals surface area contributed by atoms with Gasteiger partial charge in [0.15, 0.2) is 17.3 Å². The molecule has 2 aliphatic heterocycles. The van der Waals surface area contributed by atoms with Crippen LogP contribution in [0.5, 0.6) is 11.5 Å². The molecule has 1 aromatic carbocycles. The van der Waals surface area contributed by atoms with Crippen LogP contribution in [0.4, 0.5) is 0 Å². The fourth-order valence-corrected chi connectivity index (χ4v) is 5.87. The highest BCUT2D eigenvalue weighted by Gasteiger charge is 2.49. The number of nitrogens with one attached hydrogen (secondary N) is 1. The number of thiophene rings is 1. The van der Waals surface area contributed by atoms with Crippen molar-refractivity contribution < 1.29 is 33.3 Å². The van der Waals surface area contributed by atoms with Crippen molar-refractivity contribution in [3.8, 4) is 11.5 Å². The van der Waals surface area contributed by atoms with Crippen LogP contribution in [0.1, 0.15) is 35.6 Å². The highest BCUT2D eigenvalue weighted by molar-refractivity contribution is 7.10. The average Bonchev–Trinajstić information content (AvgIpc) is 3.54. The van der Waals surface area contributed by atoms with Gasteiger partial charge >= 0.3 is 11.9 Å². The van der Waals surface area contributed by atoms with Crippen LogP contribution in [0.3, 0.4) is 0 Å². The van der Waals surface area contributed by atoms with Gasteiger partial charge in [-0.3, -0.25) is 9.59 Å². The second-order valence-corrected chi connectivity index (χ2v) is 9.26. The normalized spacial score (nSPS) is 23.4. The Kier molecular flexibility index (Phi) is 5.65. The average molecular weight is 482 g/mol. The minimum Gasteiger partial charge on any atom is -0.468 e. The van der Waals surface area contributed by atoms with Crippen molar-refractivity contribution in [2.24, 2.45) is 5.92 Å². The molecule has 0 saturated heterocycles. The van der Waals surface area contributed by atoms with E-state index in [2.05, 4.69) is 5.32 Å². The van der Waals surface area contributed by atoms with Crippen LogP contribution in [0.2, 0.25) is 0 Å². The molecular weight excluding hydrogens is 458 g/mol. The summed E-state index contributed by atoms with van der Waals surface area (Å²) in [6.45, 7) is 1.89. The molecule has 3 heterocycles. The first kappa shape index (κ1) is 22.2. The van der Waals surface area contributed by atoms with Gasteiger partial charge in [0.1, 0.15) is 5.92 Å². The summed E-state index contributed by atoms with van der Waals surface area (Å²) >= 11 is 1.50. The summed E-state index contributed by atoms with van der Waals surface area (Å²) in [5.74, 6) is -2.50. The number of carbonyl (C=O) groups excluding carboxylic acids is 3. The second-order valence-electron chi connectivity index (χ2n) is 8.28. The lowest BCUT2D eigenvalue weighted by atomic mass is 9.68. The van der Waals surface area contributed by atoms with Gasteiger partial charge in [-0.2, -0.15) is 0 Å². The van der Waals surface area contributed by atoms with E-state index in [0.29, 0.717) is 46.0 Å². The number of dihydropyridines is 1. The van der Waals surface area contributed by atoms with Crippen LogP contribution in [-0.4, -0.2) is 38.7 Å². The molecule has 1 aromatic heterocycles. The van der Waals surface area contributed by atoms with E-state index >= 15 is 0 Å². The van der Waals surface area contributed by atoms with Crippen LogP contribution < -0.4 is 14.8 Å². The maximum Gasteiger partial charge on any atom is 0.336 e. The van der Waals surface area contributed by atoms with Crippen LogP contribution in [-0.2, 0) is 23.9 Å². The Morgan fingerprint density at radius 3 is 2.62 bits per heavy atom. The zero-order chi connectivity index (χ0) is 24.0. The fraction of sp³-hybridized carbons (Fsp3) is 0.320. The van der Waals surface area contributed by atoms with Crippen molar-refractivity contribution >= 4 is 29.1 Å². The largest absolute Gasteiger partial charge is 0.468 e. The van der Waals surface area contributed by atoms with Crippen LogP contribution in [0, 0.1) is 5.92 Å². The summed E-state index contributed by atoms with van der Waals surface area (Å²) in [4.78, 5) is 40.7. The summed E-state index contributed by atoms with van der Waals surface area (Å²) in [5, 5.41) is 5.19. The van der Waals surface area contributed by atoms with Crippen LogP contribution >= 0.6 is 11.3 Å². The number of carbonyl (C=O) groups is 3. The third-order valence-corrected chi connectivity index (χ3v) is 7.52. The molecule has 0 unspecified atom stereocenters. The predicted molar refractivity (Wildman–Crippen MR) is 122 cm³/mol. The molecule has 0 radical (unpaired) electrons.